The Morgan fingerprint density at radius 1 is 1.04 bits per heavy atom. The molecule has 28 heavy (non-hydrogen) atoms. The molecule has 0 N–H and O–H groups in total. The summed E-state index contributed by atoms with van der Waals surface area (Å²) in [6.07, 6.45) is 3.31. The SMILES string of the molecule is Cl.Cl.O=C(CCN1CCN2c3ccccc3CCC2C1)Cc1ccc(F)cc1. The lowest BCUT2D eigenvalue weighted by Crippen LogP contribution is -2.55. The van der Waals surface area contributed by atoms with Gasteiger partial charge in [0, 0.05) is 50.7 Å². The molecule has 0 bridgehead atoms. The number of Topliss-reactive ketones (excluding diaryl/α,β-unsaturated/α-hetero) is 1. The second-order valence-electron chi connectivity index (χ2n) is 7.41. The Kier molecular flexibility index (Phi) is 8.29. The van der Waals surface area contributed by atoms with Crippen molar-refractivity contribution >= 4 is 36.3 Å². The molecule has 2 heterocycles. The number of anilines is 1. The summed E-state index contributed by atoms with van der Waals surface area (Å²) in [6, 6.07) is 15.5. The van der Waals surface area contributed by atoms with Gasteiger partial charge in [0.1, 0.15) is 11.6 Å². The van der Waals surface area contributed by atoms with Crippen LogP contribution in [-0.4, -0.2) is 42.9 Å². The predicted octanol–water partition coefficient (Wildman–Crippen LogP) is 4.31. The van der Waals surface area contributed by atoms with Gasteiger partial charge in [0.2, 0.25) is 0 Å². The average Bonchev–Trinajstić information content (AvgIpc) is 2.68. The van der Waals surface area contributed by atoms with Crippen molar-refractivity contribution in [1.82, 2.24) is 4.90 Å². The summed E-state index contributed by atoms with van der Waals surface area (Å²) >= 11 is 0. The average molecular weight is 425 g/mol. The van der Waals surface area contributed by atoms with Crippen molar-refractivity contribution in [3.05, 3.63) is 65.5 Å². The largest absolute Gasteiger partial charge is 0.366 e. The summed E-state index contributed by atoms with van der Waals surface area (Å²) in [5, 5.41) is 0. The normalized spacial score (nSPS) is 18.3. The van der Waals surface area contributed by atoms with Crippen LogP contribution < -0.4 is 4.90 Å². The number of nitrogens with zero attached hydrogens (tertiary/aromatic N) is 2. The Labute approximate surface area is 178 Å². The Balaban J connectivity index is 0.00000140. The lowest BCUT2D eigenvalue weighted by Gasteiger charge is -2.46. The van der Waals surface area contributed by atoms with Crippen LogP contribution in [0.2, 0.25) is 0 Å². The number of rotatable bonds is 5. The highest BCUT2D eigenvalue weighted by Gasteiger charge is 2.31. The van der Waals surface area contributed by atoms with Gasteiger partial charge in [-0.1, -0.05) is 30.3 Å². The fourth-order valence-corrected chi connectivity index (χ4v) is 4.21. The molecule has 0 spiro atoms. The standard InChI is InChI=1S/C22H25FN2O.2ClH/c23-19-8-5-17(6-9-19)15-21(26)11-12-24-13-14-25-20(16-24)10-7-18-3-1-2-4-22(18)25;;/h1-6,8-9,20H,7,10-16H2;2*1H. The molecule has 3 nitrogen and oxygen atoms in total. The maximum atomic E-state index is 12.9. The number of piperazine rings is 1. The monoisotopic (exact) mass is 424 g/mol. The number of carbonyl (C=O) groups is 1. The van der Waals surface area contributed by atoms with Crippen LogP contribution in [0, 0.1) is 5.82 Å². The highest BCUT2D eigenvalue weighted by atomic mass is 35.5. The zero-order valence-corrected chi connectivity index (χ0v) is 17.5. The number of benzene rings is 2. The maximum absolute atomic E-state index is 12.9. The summed E-state index contributed by atoms with van der Waals surface area (Å²) < 4.78 is 12.9. The van der Waals surface area contributed by atoms with Crippen molar-refractivity contribution < 1.29 is 9.18 Å². The molecule has 0 aliphatic carbocycles. The van der Waals surface area contributed by atoms with Crippen LogP contribution in [0.5, 0.6) is 0 Å². The maximum Gasteiger partial charge on any atom is 0.138 e. The summed E-state index contributed by atoms with van der Waals surface area (Å²) in [7, 11) is 0. The van der Waals surface area contributed by atoms with Crippen LogP contribution in [0.25, 0.3) is 0 Å². The minimum Gasteiger partial charge on any atom is -0.366 e. The van der Waals surface area contributed by atoms with E-state index in [2.05, 4.69) is 34.1 Å². The van der Waals surface area contributed by atoms with Gasteiger partial charge in [-0.15, -0.1) is 24.8 Å². The minimum atomic E-state index is -0.256. The molecule has 1 atom stereocenters. The quantitative estimate of drug-likeness (QED) is 0.714. The number of carbonyl (C=O) groups excluding carboxylic acids is 1. The highest BCUT2D eigenvalue weighted by Crippen LogP contribution is 2.32. The van der Waals surface area contributed by atoms with Gasteiger partial charge >= 0.3 is 0 Å². The Bertz CT molecular complexity index is 784. The van der Waals surface area contributed by atoms with E-state index in [1.807, 2.05) is 0 Å². The fraction of sp³-hybridized carbons (Fsp3) is 0.409. The molecule has 152 valence electrons. The van der Waals surface area contributed by atoms with E-state index in [9.17, 15) is 9.18 Å². The molecule has 0 saturated carbocycles. The number of hydrogen-bond donors (Lipinski definition) is 0. The van der Waals surface area contributed by atoms with Gasteiger partial charge in [0.05, 0.1) is 0 Å². The summed E-state index contributed by atoms with van der Waals surface area (Å²) in [4.78, 5) is 17.2. The molecule has 0 amide bonds. The molecule has 2 aromatic rings. The van der Waals surface area contributed by atoms with Crippen LogP contribution in [0.3, 0.4) is 0 Å². The molecule has 2 aliphatic rings. The van der Waals surface area contributed by atoms with E-state index in [0.29, 0.717) is 18.9 Å². The van der Waals surface area contributed by atoms with Crippen molar-refractivity contribution in [1.29, 1.82) is 0 Å². The third-order valence-electron chi connectivity index (χ3n) is 5.64. The first kappa shape index (κ1) is 22.7. The van der Waals surface area contributed by atoms with Crippen LogP contribution in [0.15, 0.2) is 48.5 Å². The third kappa shape index (κ3) is 5.25. The number of aryl methyl sites for hydroxylation is 1. The van der Waals surface area contributed by atoms with Gasteiger partial charge in [-0.2, -0.15) is 0 Å². The summed E-state index contributed by atoms with van der Waals surface area (Å²) in [5.74, 6) is -0.0267. The number of hydrogen-bond acceptors (Lipinski definition) is 3. The third-order valence-corrected chi connectivity index (χ3v) is 5.64. The first-order valence-corrected chi connectivity index (χ1v) is 9.52. The molecule has 1 unspecified atom stereocenters. The van der Waals surface area contributed by atoms with Crippen molar-refractivity contribution in [2.75, 3.05) is 31.1 Å². The Morgan fingerprint density at radius 2 is 1.79 bits per heavy atom. The predicted molar refractivity (Wildman–Crippen MR) is 117 cm³/mol. The molecule has 1 fully saturated rings. The van der Waals surface area contributed by atoms with Crippen molar-refractivity contribution in [2.45, 2.75) is 31.7 Å². The molecule has 2 aromatic carbocycles. The van der Waals surface area contributed by atoms with Crippen molar-refractivity contribution in [2.24, 2.45) is 0 Å². The summed E-state index contributed by atoms with van der Waals surface area (Å²) in [5.41, 5.74) is 3.76. The molecular weight excluding hydrogens is 398 g/mol. The zero-order chi connectivity index (χ0) is 17.9. The zero-order valence-electron chi connectivity index (χ0n) is 15.9. The van der Waals surface area contributed by atoms with Crippen LogP contribution in [-0.2, 0) is 17.6 Å². The highest BCUT2D eigenvalue weighted by molar-refractivity contribution is 5.85. The molecular formula is C22H27Cl2FN2O. The van der Waals surface area contributed by atoms with Crippen LogP contribution in [0.4, 0.5) is 10.1 Å². The fourth-order valence-electron chi connectivity index (χ4n) is 4.21. The first-order valence-electron chi connectivity index (χ1n) is 9.52. The number of halogens is 3. The van der Waals surface area contributed by atoms with E-state index < -0.39 is 0 Å². The Morgan fingerprint density at radius 3 is 2.57 bits per heavy atom. The van der Waals surface area contributed by atoms with Gasteiger partial charge < -0.3 is 4.90 Å². The molecule has 0 radical (unpaired) electrons. The van der Waals surface area contributed by atoms with Crippen molar-refractivity contribution in [3.8, 4) is 0 Å². The molecule has 6 heteroatoms. The smallest absolute Gasteiger partial charge is 0.138 e. The molecule has 1 saturated heterocycles. The number of ketones is 1. The van der Waals surface area contributed by atoms with Gasteiger partial charge in [-0.3, -0.25) is 9.69 Å². The second-order valence-corrected chi connectivity index (χ2v) is 7.41. The second kappa shape index (κ2) is 10.2. The molecule has 0 aromatic heterocycles. The first-order chi connectivity index (χ1) is 12.7. The topological polar surface area (TPSA) is 23.6 Å². The number of fused-ring (bicyclic) bond motifs is 3. The van der Waals surface area contributed by atoms with Gasteiger partial charge in [0.25, 0.3) is 0 Å². The van der Waals surface area contributed by atoms with E-state index in [1.54, 1.807) is 12.1 Å². The van der Waals surface area contributed by atoms with Crippen molar-refractivity contribution in [3.63, 3.8) is 0 Å². The van der Waals surface area contributed by atoms with Crippen LogP contribution >= 0.6 is 24.8 Å². The molecule has 4 rings (SSSR count). The Hall–Kier alpha value is -1.62. The number of para-hydroxylation sites is 1. The van der Waals surface area contributed by atoms with Crippen LogP contribution in [0.1, 0.15) is 24.0 Å². The lowest BCUT2D eigenvalue weighted by molar-refractivity contribution is -0.118. The van der Waals surface area contributed by atoms with E-state index in [1.165, 1.54) is 29.8 Å². The van der Waals surface area contributed by atoms with E-state index >= 15 is 0 Å². The molecule has 2 aliphatic heterocycles. The lowest BCUT2D eigenvalue weighted by atomic mass is 9.94. The van der Waals surface area contributed by atoms with E-state index in [4.69, 9.17) is 0 Å². The van der Waals surface area contributed by atoms with Gasteiger partial charge in [-0.25, -0.2) is 4.39 Å². The minimum absolute atomic E-state index is 0. The van der Waals surface area contributed by atoms with Gasteiger partial charge in [0.15, 0.2) is 0 Å². The van der Waals surface area contributed by atoms with E-state index in [0.717, 1.165) is 38.2 Å². The van der Waals surface area contributed by atoms with Gasteiger partial charge in [-0.05, 0) is 42.2 Å². The summed E-state index contributed by atoms with van der Waals surface area (Å²) in [6.45, 7) is 3.91. The van der Waals surface area contributed by atoms with E-state index in [-0.39, 0.29) is 36.4 Å².